The van der Waals surface area contributed by atoms with Gasteiger partial charge in [0.05, 0.1) is 19.3 Å². The number of hydrogen-bond acceptors (Lipinski definition) is 13. The van der Waals surface area contributed by atoms with Crippen molar-refractivity contribution in [2.45, 2.75) is 25.7 Å². The van der Waals surface area contributed by atoms with E-state index in [1.54, 1.807) is 0 Å². The summed E-state index contributed by atoms with van der Waals surface area (Å²) in [7, 11) is -0.879. The number of rotatable bonds is 18. The molecule has 0 fully saturated rings. The second kappa shape index (κ2) is 24.9. The number of carbonyl (C=O) groups excluding carboxylic acids is 4. The molecule has 0 aliphatic carbocycles. The Bertz CT molecular complexity index is 799. The fourth-order valence-corrected chi connectivity index (χ4v) is 2.84. The van der Waals surface area contributed by atoms with Gasteiger partial charge in [-0.25, -0.2) is 0 Å². The summed E-state index contributed by atoms with van der Waals surface area (Å²) in [4.78, 5) is 44.2. The van der Waals surface area contributed by atoms with Crippen molar-refractivity contribution in [3.63, 3.8) is 0 Å². The summed E-state index contributed by atoms with van der Waals surface area (Å²) in [5.41, 5.74) is 0. The Morgan fingerprint density at radius 3 is 1.16 bits per heavy atom. The van der Waals surface area contributed by atoms with Crippen LogP contribution in [0.3, 0.4) is 0 Å². The van der Waals surface area contributed by atoms with E-state index in [-0.39, 0.29) is 57.4 Å². The van der Waals surface area contributed by atoms with Gasteiger partial charge in [0.1, 0.15) is 31.8 Å². The van der Waals surface area contributed by atoms with E-state index in [1.165, 1.54) is 53.3 Å². The van der Waals surface area contributed by atoms with Gasteiger partial charge in [-0.3, -0.25) is 28.3 Å². The predicted molar refractivity (Wildman–Crippen MR) is 141 cm³/mol. The van der Waals surface area contributed by atoms with Gasteiger partial charge in [-0.05, 0) is 0 Å². The molecule has 0 unspecified atom stereocenters. The predicted octanol–water partition coefficient (Wildman–Crippen LogP) is 3.88. The van der Waals surface area contributed by atoms with Crippen LogP contribution in [-0.2, 0) is 60.6 Å². The zero-order valence-electron chi connectivity index (χ0n) is 22.7. The molecule has 0 amide bonds. The summed E-state index contributed by atoms with van der Waals surface area (Å²) in [6.07, 6.45) is 3.99. The molecule has 0 saturated heterocycles. The second-order valence-corrected chi connectivity index (χ2v) is 11.3. The Labute approximate surface area is 224 Å². The highest BCUT2D eigenvalue weighted by Gasteiger charge is 2.25. The first-order chi connectivity index (χ1) is 17.8. The van der Waals surface area contributed by atoms with E-state index in [0.717, 1.165) is 0 Å². The number of carbonyl (C=O) groups is 4. The van der Waals surface area contributed by atoms with Crippen LogP contribution in [0.15, 0.2) is 38.0 Å². The summed E-state index contributed by atoms with van der Waals surface area (Å²) >= 11 is 0. The molecule has 0 bridgehead atoms. The molecular weight excluding hydrogens is 546 g/mol. The lowest BCUT2D eigenvalue weighted by molar-refractivity contribution is -0.149. The fraction of sp³-hybridized carbons (Fsp3) is 0.565. The smallest absolute Gasteiger partial charge is 0.337 e. The largest absolute Gasteiger partial charge is 0.461 e. The SMILES string of the molecule is C=CCOC(=O)CCC(=O)CP(=O)(OC)OC.C=CCOC(=O)CCC(=O)OCC=C.COP(C)(=O)OC. The molecule has 0 radical (unpaired) electrons. The Balaban J connectivity index is -0.000000524. The van der Waals surface area contributed by atoms with Crippen molar-refractivity contribution >= 4 is 38.9 Å². The van der Waals surface area contributed by atoms with Crippen molar-refractivity contribution in [2.75, 3.05) is 61.1 Å². The highest BCUT2D eigenvalue weighted by atomic mass is 31.2. The third kappa shape index (κ3) is 26.7. The standard InChI is InChI=1S/C10H17O6P.C10H14O4.C3H9O3P/c1-4-7-16-10(12)6-5-9(11)8-17(13,14-2)15-3;1-3-7-13-9(11)5-6-10(12)14-8-4-2;1-5-7(3,4)6-2/h4H,1,5-8H2,2-3H3;3-4H,1-2,5-8H2;1-3H3. The van der Waals surface area contributed by atoms with Crippen LogP contribution in [0.25, 0.3) is 0 Å². The van der Waals surface area contributed by atoms with E-state index >= 15 is 0 Å². The van der Waals surface area contributed by atoms with E-state index in [4.69, 9.17) is 0 Å². The van der Waals surface area contributed by atoms with Gasteiger partial charge in [0.2, 0.25) is 0 Å². The van der Waals surface area contributed by atoms with Crippen molar-refractivity contribution in [1.29, 1.82) is 0 Å². The van der Waals surface area contributed by atoms with Crippen molar-refractivity contribution in [3.8, 4) is 0 Å². The molecule has 0 aromatic rings. The van der Waals surface area contributed by atoms with Crippen LogP contribution < -0.4 is 0 Å². The molecule has 0 rings (SSSR count). The van der Waals surface area contributed by atoms with Crippen LogP contribution in [-0.4, -0.2) is 84.8 Å². The van der Waals surface area contributed by atoms with Crippen molar-refractivity contribution in [2.24, 2.45) is 0 Å². The van der Waals surface area contributed by atoms with Crippen LogP contribution in [0.5, 0.6) is 0 Å². The number of hydrogen-bond donors (Lipinski definition) is 0. The van der Waals surface area contributed by atoms with Crippen molar-refractivity contribution in [1.82, 2.24) is 0 Å². The van der Waals surface area contributed by atoms with E-state index in [2.05, 4.69) is 52.0 Å². The van der Waals surface area contributed by atoms with Gasteiger partial charge in [0.15, 0.2) is 0 Å². The van der Waals surface area contributed by atoms with Gasteiger partial charge in [-0.2, -0.15) is 0 Å². The fourth-order valence-electron chi connectivity index (χ4n) is 1.69. The van der Waals surface area contributed by atoms with Gasteiger partial charge < -0.3 is 32.3 Å². The van der Waals surface area contributed by atoms with Crippen LogP contribution in [0.1, 0.15) is 25.7 Å². The molecule has 0 heterocycles. The minimum atomic E-state index is -3.34. The molecular formula is C23H40O13P2. The first-order valence-corrected chi connectivity index (χ1v) is 14.7. The Morgan fingerprint density at radius 2 is 0.921 bits per heavy atom. The summed E-state index contributed by atoms with van der Waals surface area (Å²) in [6.45, 7) is 12.0. The van der Waals surface area contributed by atoms with Crippen LogP contribution >= 0.6 is 15.2 Å². The van der Waals surface area contributed by atoms with E-state index in [9.17, 15) is 28.3 Å². The lowest BCUT2D eigenvalue weighted by Gasteiger charge is -2.12. The van der Waals surface area contributed by atoms with Crippen LogP contribution in [0.2, 0.25) is 0 Å². The van der Waals surface area contributed by atoms with Gasteiger partial charge in [0.25, 0.3) is 0 Å². The lowest BCUT2D eigenvalue weighted by atomic mass is 10.2. The summed E-state index contributed by atoms with van der Waals surface area (Å²) in [5.74, 6) is -1.73. The van der Waals surface area contributed by atoms with Crippen molar-refractivity contribution < 1.29 is 60.6 Å². The average Bonchev–Trinajstić information content (AvgIpc) is 2.91. The second-order valence-electron chi connectivity index (χ2n) is 6.72. The molecule has 0 atom stereocenters. The molecule has 0 aliphatic heterocycles. The summed E-state index contributed by atoms with van der Waals surface area (Å²) in [6, 6.07) is 0. The Kier molecular flexibility index (Phi) is 26.3. The topological polar surface area (TPSA) is 167 Å². The summed E-state index contributed by atoms with van der Waals surface area (Å²) < 4.78 is 54.2. The maximum Gasteiger partial charge on any atom is 0.337 e. The number of ether oxygens (including phenoxy) is 3. The molecule has 38 heavy (non-hydrogen) atoms. The maximum atomic E-state index is 11.6. The normalized spacial score (nSPS) is 10.3. The molecule has 0 saturated carbocycles. The number of esters is 3. The minimum Gasteiger partial charge on any atom is -0.461 e. The molecule has 0 aliphatic rings. The third-order valence-electron chi connectivity index (χ3n) is 3.82. The highest BCUT2D eigenvalue weighted by Crippen LogP contribution is 2.46. The monoisotopic (exact) mass is 586 g/mol. The zero-order valence-corrected chi connectivity index (χ0v) is 24.5. The van der Waals surface area contributed by atoms with E-state index in [0.29, 0.717) is 0 Å². The molecule has 0 aromatic carbocycles. The Hall–Kier alpha value is -2.40. The quantitative estimate of drug-likeness (QED) is 0.0983. The summed E-state index contributed by atoms with van der Waals surface area (Å²) in [5, 5.41) is 0. The third-order valence-corrected chi connectivity index (χ3v) is 7.00. The van der Waals surface area contributed by atoms with Gasteiger partial charge in [-0.1, -0.05) is 38.0 Å². The number of Topliss-reactive ketones (excluding diaryl/α,β-unsaturated/α-hetero) is 1. The molecule has 220 valence electrons. The zero-order chi connectivity index (χ0) is 30.0. The van der Waals surface area contributed by atoms with Crippen LogP contribution in [0.4, 0.5) is 0 Å². The van der Waals surface area contributed by atoms with E-state index < -0.39 is 33.1 Å². The van der Waals surface area contributed by atoms with Crippen molar-refractivity contribution in [3.05, 3.63) is 38.0 Å². The van der Waals surface area contributed by atoms with Gasteiger partial charge in [-0.15, -0.1) is 0 Å². The van der Waals surface area contributed by atoms with Crippen LogP contribution in [0, 0.1) is 0 Å². The first kappa shape index (κ1) is 40.1. The minimum absolute atomic E-state index is 0.0316. The molecule has 0 spiro atoms. The molecule has 15 heteroatoms. The number of ketones is 1. The average molecular weight is 587 g/mol. The lowest BCUT2D eigenvalue weighted by Crippen LogP contribution is -2.11. The first-order valence-electron chi connectivity index (χ1n) is 11.0. The van der Waals surface area contributed by atoms with E-state index in [1.807, 2.05) is 0 Å². The Morgan fingerprint density at radius 1 is 0.605 bits per heavy atom. The maximum absolute atomic E-state index is 11.6. The molecule has 0 aromatic heterocycles. The molecule has 13 nitrogen and oxygen atoms in total. The highest BCUT2D eigenvalue weighted by molar-refractivity contribution is 7.54. The molecule has 0 N–H and O–H groups in total. The van der Waals surface area contributed by atoms with Gasteiger partial charge in [0, 0.05) is 41.5 Å². The van der Waals surface area contributed by atoms with Gasteiger partial charge >= 0.3 is 33.1 Å².